The molecule has 1 aromatic carbocycles. The minimum absolute atomic E-state index is 0.0368. The number of rotatable bonds is 6. The van der Waals surface area contributed by atoms with E-state index >= 15 is 0 Å². The van der Waals surface area contributed by atoms with Gasteiger partial charge < -0.3 is 15.4 Å². The van der Waals surface area contributed by atoms with Crippen molar-refractivity contribution in [2.24, 2.45) is 17.8 Å². The molecule has 0 radical (unpaired) electrons. The van der Waals surface area contributed by atoms with Crippen LogP contribution in [0.3, 0.4) is 0 Å². The lowest BCUT2D eigenvalue weighted by Crippen LogP contribution is -2.43. The summed E-state index contributed by atoms with van der Waals surface area (Å²) in [5.74, 6) is -2.04. The normalized spacial score (nSPS) is 25.0. The van der Waals surface area contributed by atoms with Gasteiger partial charge in [-0.15, -0.1) is 0 Å². The number of amides is 2. The van der Waals surface area contributed by atoms with Crippen LogP contribution in [-0.2, 0) is 30.4 Å². The molecule has 3 atom stereocenters. The first-order valence-electron chi connectivity index (χ1n) is 15.7. The maximum absolute atomic E-state index is 14.0. The van der Waals surface area contributed by atoms with Gasteiger partial charge in [0.05, 0.1) is 12.0 Å². The molecule has 2 amide bonds. The van der Waals surface area contributed by atoms with Crippen LogP contribution in [0.25, 0.3) is 0 Å². The van der Waals surface area contributed by atoms with E-state index in [0.29, 0.717) is 30.9 Å². The molecule has 0 spiro atoms. The van der Waals surface area contributed by atoms with Crippen LogP contribution in [0.2, 0.25) is 0 Å². The molecule has 1 saturated carbocycles. The van der Waals surface area contributed by atoms with Crippen LogP contribution in [0.1, 0.15) is 102 Å². The van der Waals surface area contributed by atoms with Gasteiger partial charge in [0.15, 0.2) is 10.9 Å². The molecule has 0 aromatic heterocycles. The molecule has 1 saturated heterocycles. The Bertz CT molecular complexity index is 1070. The first-order chi connectivity index (χ1) is 20.2. The van der Waals surface area contributed by atoms with Gasteiger partial charge >= 0.3 is 0 Å². The number of carbonyl (C=O) groups excluding carboxylic acids is 5. The van der Waals surface area contributed by atoms with Crippen LogP contribution in [-0.4, -0.2) is 46.8 Å². The third kappa shape index (κ3) is 12.4. The molecule has 0 unspecified atom stereocenters. The van der Waals surface area contributed by atoms with Gasteiger partial charge in [-0.1, -0.05) is 75.3 Å². The van der Waals surface area contributed by atoms with E-state index in [1.54, 1.807) is 12.1 Å². The number of nitrogens with one attached hydrogen (secondary N) is 2. The highest BCUT2D eigenvalue weighted by atomic mass is 32.2. The van der Waals surface area contributed by atoms with Gasteiger partial charge in [-0.05, 0) is 56.2 Å². The summed E-state index contributed by atoms with van der Waals surface area (Å²) in [6.07, 6.45) is 10.8. The largest absolute Gasteiger partial charge is 0.356 e. The molecule has 7 nitrogen and oxygen atoms in total. The molecule has 2 N–H and O–H groups in total. The Morgan fingerprint density at radius 1 is 0.952 bits per heavy atom. The molecule has 1 aliphatic carbocycles. The lowest BCUT2D eigenvalue weighted by molar-refractivity contribution is -0.129. The number of ketones is 2. The minimum atomic E-state index is -0.752. The number of hydrogen-bond donors (Lipinski definition) is 2. The zero-order valence-corrected chi connectivity index (χ0v) is 25.8. The molecular formula is C33H47FN2O5S. The number of thioether (sulfide) groups is 1. The zero-order valence-electron chi connectivity index (χ0n) is 25.0. The summed E-state index contributed by atoms with van der Waals surface area (Å²) in [4.78, 5) is 65.1. The fourth-order valence-corrected chi connectivity index (χ4v) is 7.07. The van der Waals surface area contributed by atoms with Crippen molar-refractivity contribution in [3.8, 4) is 0 Å². The molecule has 232 valence electrons. The number of benzene rings is 1. The predicted molar refractivity (Wildman–Crippen MR) is 163 cm³/mol. The molecule has 0 bridgehead atoms. The average molecular weight is 603 g/mol. The zero-order chi connectivity index (χ0) is 30.3. The standard InChI is InChI=1S/C33H47FN2O5S/c1-23(37)17-27-22-42-33(41)26(18-25-13-10-14-28(34)19-25)21-30(38)29(20-24-11-6-5-7-12-24)36-31(39)15-8-3-2-4-9-16-35-32(27)40/h10,13-14,19,24,26-27,29H,2-9,11-12,15-18,20-22H2,1H3,(H,35,40)(H,36,39)/t26-,27+,29+/m1/s1. The molecule has 3 rings (SSSR count). The highest BCUT2D eigenvalue weighted by Crippen LogP contribution is 2.29. The van der Waals surface area contributed by atoms with E-state index in [0.717, 1.165) is 69.5 Å². The van der Waals surface area contributed by atoms with Crippen molar-refractivity contribution in [2.75, 3.05) is 12.3 Å². The first kappa shape index (κ1) is 33.9. The number of Topliss-reactive ketones (excluding diaryl/α,β-unsaturated/α-hetero) is 2. The monoisotopic (exact) mass is 602 g/mol. The van der Waals surface area contributed by atoms with Crippen LogP contribution in [0.15, 0.2) is 24.3 Å². The fourth-order valence-electron chi connectivity index (χ4n) is 6.04. The molecular weight excluding hydrogens is 555 g/mol. The highest BCUT2D eigenvalue weighted by Gasteiger charge is 2.31. The third-order valence-corrected chi connectivity index (χ3v) is 9.57. The number of carbonyl (C=O) groups is 5. The quantitative estimate of drug-likeness (QED) is 0.431. The van der Waals surface area contributed by atoms with Crippen LogP contribution in [0.4, 0.5) is 4.39 Å². The van der Waals surface area contributed by atoms with Gasteiger partial charge in [-0.25, -0.2) is 4.39 Å². The lowest BCUT2D eigenvalue weighted by atomic mass is 9.82. The summed E-state index contributed by atoms with van der Waals surface area (Å²) >= 11 is 0.963. The average Bonchev–Trinajstić information content (AvgIpc) is 2.95. The fraction of sp³-hybridized carbons (Fsp3) is 0.667. The van der Waals surface area contributed by atoms with Gasteiger partial charge in [0.1, 0.15) is 11.6 Å². The summed E-state index contributed by atoms with van der Waals surface area (Å²) in [6.45, 7) is 1.92. The van der Waals surface area contributed by atoms with E-state index in [4.69, 9.17) is 0 Å². The Kier molecular flexibility index (Phi) is 14.7. The lowest BCUT2D eigenvalue weighted by Gasteiger charge is -2.27. The van der Waals surface area contributed by atoms with Crippen molar-refractivity contribution >= 4 is 40.3 Å². The molecule has 2 fully saturated rings. The highest BCUT2D eigenvalue weighted by molar-refractivity contribution is 8.13. The second-order valence-electron chi connectivity index (χ2n) is 12.1. The van der Waals surface area contributed by atoms with Gasteiger partial charge in [0.25, 0.3) is 0 Å². The maximum Gasteiger partial charge on any atom is 0.224 e. The van der Waals surface area contributed by atoms with E-state index in [1.807, 2.05) is 0 Å². The van der Waals surface area contributed by atoms with Crippen molar-refractivity contribution < 1.29 is 28.4 Å². The predicted octanol–water partition coefficient (Wildman–Crippen LogP) is 5.72. The van der Waals surface area contributed by atoms with E-state index in [9.17, 15) is 28.4 Å². The maximum atomic E-state index is 14.0. The number of halogens is 1. The van der Waals surface area contributed by atoms with Crippen LogP contribution >= 0.6 is 11.8 Å². The van der Waals surface area contributed by atoms with Crippen LogP contribution in [0.5, 0.6) is 0 Å². The van der Waals surface area contributed by atoms with Crippen molar-refractivity contribution in [2.45, 2.75) is 109 Å². The van der Waals surface area contributed by atoms with Gasteiger partial charge in [-0.3, -0.25) is 19.2 Å². The Morgan fingerprint density at radius 2 is 1.67 bits per heavy atom. The second kappa shape index (κ2) is 18.2. The SMILES string of the molecule is CC(=O)C[C@H]1CSC(=O)[C@H](Cc2cccc(F)c2)CC(=O)[C@H](CC2CCCCC2)NC(=O)CCCCCCCNC1=O. The Morgan fingerprint density at radius 3 is 2.40 bits per heavy atom. The summed E-state index contributed by atoms with van der Waals surface area (Å²) < 4.78 is 14.0. The topological polar surface area (TPSA) is 109 Å². The smallest absolute Gasteiger partial charge is 0.224 e. The third-order valence-electron chi connectivity index (χ3n) is 8.38. The molecule has 2 aliphatic rings. The summed E-state index contributed by atoms with van der Waals surface area (Å²) in [5, 5.41) is 5.65. The Balaban J connectivity index is 1.83. The van der Waals surface area contributed by atoms with Crippen LogP contribution < -0.4 is 10.6 Å². The first-order valence-corrected chi connectivity index (χ1v) is 16.7. The van der Waals surface area contributed by atoms with E-state index in [-0.39, 0.29) is 53.5 Å². The summed E-state index contributed by atoms with van der Waals surface area (Å²) in [5.41, 5.74) is 0.603. The summed E-state index contributed by atoms with van der Waals surface area (Å²) in [6, 6.07) is 5.34. The Hall–Kier alpha value is -2.55. The summed E-state index contributed by atoms with van der Waals surface area (Å²) in [7, 11) is 0. The van der Waals surface area contributed by atoms with Gasteiger partial charge in [0.2, 0.25) is 11.8 Å². The van der Waals surface area contributed by atoms with Gasteiger partial charge in [0, 0.05) is 37.5 Å². The van der Waals surface area contributed by atoms with Crippen molar-refractivity contribution in [3.05, 3.63) is 35.6 Å². The van der Waals surface area contributed by atoms with Crippen molar-refractivity contribution in [1.29, 1.82) is 0 Å². The molecule has 42 heavy (non-hydrogen) atoms. The molecule has 1 aliphatic heterocycles. The Labute approximate surface area is 253 Å². The van der Waals surface area contributed by atoms with Crippen molar-refractivity contribution in [1.82, 2.24) is 10.6 Å². The molecule has 1 aromatic rings. The van der Waals surface area contributed by atoms with E-state index in [2.05, 4.69) is 10.6 Å². The van der Waals surface area contributed by atoms with E-state index < -0.39 is 23.7 Å². The minimum Gasteiger partial charge on any atom is -0.356 e. The molecule has 9 heteroatoms. The van der Waals surface area contributed by atoms with Gasteiger partial charge in [-0.2, -0.15) is 0 Å². The number of hydrogen-bond acceptors (Lipinski definition) is 6. The van der Waals surface area contributed by atoms with Crippen LogP contribution in [0, 0.1) is 23.6 Å². The van der Waals surface area contributed by atoms with E-state index in [1.165, 1.54) is 25.5 Å². The van der Waals surface area contributed by atoms with Crippen molar-refractivity contribution in [3.63, 3.8) is 0 Å². The molecule has 1 heterocycles. The second-order valence-corrected chi connectivity index (χ2v) is 13.1.